The van der Waals surface area contributed by atoms with Gasteiger partial charge < -0.3 is 19.1 Å². The van der Waals surface area contributed by atoms with Gasteiger partial charge in [0.1, 0.15) is 6.04 Å². The van der Waals surface area contributed by atoms with Crippen molar-refractivity contribution in [1.82, 2.24) is 15.0 Å². The minimum Gasteiger partial charge on any atom is -0.380 e. The molecule has 1 aliphatic rings. The van der Waals surface area contributed by atoms with E-state index in [0.29, 0.717) is 19.0 Å². The molecule has 1 aliphatic carbocycles. The normalized spacial score (nSPS) is 13.8. The molecule has 0 spiro atoms. The molecule has 1 fully saturated rings. The highest BCUT2D eigenvalue weighted by Gasteiger charge is 2.40. The number of benzene rings is 2. The first kappa shape index (κ1) is 29.7. The second-order valence-corrected chi connectivity index (χ2v) is 11.9. The number of carbonyl (C=O) groups excluding carboxylic acids is 2. The van der Waals surface area contributed by atoms with Gasteiger partial charge in [0.25, 0.3) is 0 Å². The third-order valence-corrected chi connectivity index (χ3v) is 8.14. The van der Waals surface area contributed by atoms with E-state index in [-0.39, 0.29) is 23.7 Å². The molecule has 1 aromatic heterocycles. The summed E-state index contributed by atoms with van der Waals surface area (Å²) in [5, 5.41) is 4.03. The van der Waals surface area contributed by atoms with Gasteiger partial charge in [-0.15, -0.1) is 0 Å². The minimum absolute atomic E-state index is 0.0106. The van der Waals surface area contributed by atoms with Crippen LogP contribution in [-0.4, -0.2) is 54.0 Å². The summed E-state index contributed by atoms with van der Waals surface area (Å²) in [7, 11) is 5.18. The van der Waals surface area contributed by atoms with E-state index in [0.717, 1.165) is 51.2 Å². The maximum absolute atomic E-state index is 13.4. The highest BCUT2D eigenvalue weighted by atomic mass is 32.2. The molecular formula is C31H40N4O4S. The van der Waals surface area contributed by atoms with Gasteiger partial charge in [-0.3, -0.25) is 14.3 Å². The topological polar surface area (TPSA) is 87.9 Å². The van der Waals surface area contributed by atoms with Crippen molar-refractivity contribution in [2.75, 3.05) is 25.9 Å². The number of rotatable bonds is 12. The zero-order chi connectivity index (χ0) is 29.0. The molecule has 0 radical (unpaired) electrons. The Morgan fingerprint density at radius 2 is 1.85 bits per heavy atom. The molecular weight excluding hydrogens is 524 g/mol. The zero-order valence-electron chi connectivity index (χ0n) is 24.5. The standard InChI is InChI=1S/C31H40N4O4S/c1-19(2)28(31(37)34(5)6)35(30(36)23-13-14-23)17-22-12-15-25(24(16-22)18-38-7)26-10-8-9-11-27(26)40-33-29-20(3)21(4)32-39-29/h8-12,15-16,19,23,28,33H,13-14,17-18H2,1-7H3. The molecule has 1 unspecified atom stereocenters. The fourth-order valence-corrected chi connectivity index (χ4v) is 5.62. The zero-order valence-corrected chi connectivity index (χ0v) is 25.3. The maximum Gasteiger partial charge on any atom is 0.245 e. The molecule has 0 saturated heterocycles. The van der Waals surface area contributed by atoms with E-state index < -0.39 is 6.04 Å². The Bertz CT molecular complexity index is 1350. The van der Waals surface area contributed by atoms with Gasteiger partial charge in [-0.05, 0) is 72.9 Å². The molecule has 1 N–H and O–H groups in total. The summed E-state index contributed by atoms with van der Waals surface area (Å²) in [5.41, 5.74) is 5.92. The molecule has 3 aromatic rings. The van der Waals surface area contributed by atoms with Crippen LogP contribution in [0.5, 0.6) is 0 Å². The van der Waals surface area contributed by atoms with Crippen LogP contribution in [0, 0.1) is 25.7 Å². The quantitative estimate of drug-likeness (QED) is 0.267. The number of ether oxygens (including phenoxy) is 1. The summed E-state index contributed by atoms with van der Waals surface area (Å²) >= 11 is 1.47. The number of aryl methyl sites for hydroxylation is 1. The number of amides is 2. The number of carbonyl (C=O) groups is 2. The lowest BCUT2D eigenvalue weighted by atomic mass is 9.96. The van der Waals surface area contributed by atoms with E-state index in [1.54, 1.807) is 31.0 Å². The lowest BCUT2D eigenvalue weighted by molar-refractivity contribution is -0.147. The highest BCUT2D eigenvalue weighted by Crippen LogP contribution is 2.37. The van der Waals surface area contributed by atoms with E-state index in [9.17, 15) is 9.59 Å². The van der Waals surface area contributed by atoms with Crippen LogP contribution in [0.25, 0.3) is 11.1 Å². The Kier molecular flexibility index (Phi) is 9.58. The number of nitrogens with zero attached hydrogens (tertiary/aromatic N) is 3. The second kappa shape index (κ2) is 12.9. The van der Waals surface area contributed by atoms with Crippen molar-refractivity contribution < 1.29 is 18.8 Å². The molecule has 1 atom stereocenters. The van der Waals surface area contributed by atoms with Crippen molar-refractivity contribution in [3.63, 3.8) is 0 Å². The number of likely N-dealkylation sites (N-methyl/N-ethyl adjacent to an activating group) is 1. The predicted octanol–water partition coefficient (Wildman–Crippen LogP) is 6.08. The third-order valence-electron chi connectivity index (χ3n) is 7.28. The first-order valence-electron chi connectivity index (χ1n) is 13.7. The van der Waals surface area contributed by atoms with Crippen LogP contribution in [-0.2, 0) is 27.5 Å². The number of nitrogens with one attached hydrogen (secondary N) is 1. The van der Waals surface area contributed by atoms with Gasteiger partial charge in [0.2, 0.25) is 17.7 Å². The van der Waals surface area contributed by atoms with Crippen LogP contribution in [0.2, 0.25) is 0 Å². The monoisotopic (exact) mass is 564 g/mol. The van der Waals surface area contributed by atoms with Crippen LogP contribution in [0.1, 0.15) is 49.1 Å². The van der Waals surface area contributed by atoms with Gasteiger partial charge in [0, 0.05) is 44.1 Å². The molecule has 0 aliphatic heterocycles. The molecule has 1 saturated carbocycles. The van der Waals surface area contributed by atoms with Gasteiger partial charge >= 0.3 is 0 Å². The average molecular weight is 565 g/mol. The average Bonchev–Trinajstić information content (AvgIpc) is 3.73. The SMILES string of the molecule is COCc1cc(CN(C(=O)C2CC2)C(C(=O)N(C)C)C(C)C)ccc1-c1ccccc1SNc1onc(C)c1C. The predicted molar refractivity (Wildman–Crippen MR) is 159 cm³/mol. The lowest BCUT2D eigenvalue weighted by Crippen LogP contribution is -2.52. The Labute approximate surface area is 241 Å². The number of anilines is 1. The third kappa shape index (κ3) is 6.70. The first-order chi connectivity index (χ1) is 19.1. The minimum atomic E-state index is -0.514. The van der Waals surface area contributed by atoms with Crippen LogP contribution in [0.4, 0.5) is 5.88 Å². The van der Waals surface area contributed by atoms with Crippen LogP contribution in [0.3, 0.4) is 0 Å². The van der Waals surface area contributed by atoms with Crippen molar-refractivity contribution in [2.45, 2.75) is 64.6 Å². The number of aromatic nitrogens is 1. The number of hydrogen-bond donors (Lipinski definition) is 1. The molecule has 2 aromatic carbocycles. The van der Waals surface area contributed by atoms with Crippen molar-refractivity contribution in [2.24, 2.45) is 11.8 Å². The van der Waals surface area contributed by atoms with Crippen molar-refractivity contribution in [3.05, 3.63) is 64.8 Å². The highest BCUT2D eigenvalue weighted by molar-refractivity contribution is 8.00. The summed E-state index contributed by atoms with van der Waals surface area (Å²) in [6.07, 6.45) is 1.78. The van der Waals surface area contributed by atoms with Crippen molar-refractivity contribution >= 4 is 29.6 Å². The van der Waals surface area contributed by atoms with Crippen LogP contribution in [0.15, 0.2) is 51.9 Å². The van der Waals surface area contributed by atoms with Crippen LogP contribution >= 0.6 is 11.9 Å². The summed E-state index contributed by atoms with van der Waals surface area (Å²) in [6, 6.07) is 13.9. The van der Waals surface area contributed by atoms with Gasteiger partial charge in [-0.25, -0.2) is 0 Å². The Hall–Kier alpha value is -3.30. The number of hydrogen-bond acceptors (Lipinski definition) is 7. The first-order valence-corrected chi connectivity index (χ1v) is 14.5. The van der Waals surface area contributed by atoms with Crippen molar-refractivity contribution in [3.8, 4) is 11.1 Å². The molecule has 0 bridgehead atoms. The molecule has 40 heavy (non-hydrogen) atoms. The summed E-state index contributed by atoms with van der Waals surface area (Å²) < 4.78 is 14.3. The van der Waals surface area contributed by atoms with Gasteiger partial charge in [0.05, 0.1) is 12.3 Å². The van der Waals surface area contributed by atoms with Gasteiger partial charge in [-0.2, -0.15) is 0 Å². The molecule has 1 heterocycles. The Balaban J connectivity index is 1.65. The second-order valence-electron chi connectivity index (χ2n) is 11.0. The number of methoxy groups -OCH3 is 1. The van der Waals surface area contributed by atoms with E-state index in [4.69, 9.17) is 9.26 Å². The smallest absolute Gasteiger partial charge is 0.245 e. The van der Waals surface area contributed by atoms with E-state index in [2.05, 4.69) is 40.2 Å². The van der Waals surface area contributed by atoms with Gasteiger partial charge in [0.15, 0.2) is 0 Å². The summed E-state index contributed by atoms with van der Waals surface area (Å²) in [6.45, 7) is 8.68. The fraction of sp³-hybridized carbons (Fsp3) is 0.452. The van der Waals surface area contributed by atoms with E-state index in [1.165, 1.54) is 11.9 Å². The van der Waals surface area contributed by atoms with Crippen LogP contribution < -0.4 is 4.72 Å². The van der Waals surface area contributed by atoms with Crippen molar-refractivity contribution in [1.29, 1.82) is 0 Å². The maximum atomic E-state index is 13.4. The molecule has 8 nitrogen and oxygen atoms in total. The molecule has 4 rings (SSSR count). The summed E-state index contributed by atoms with van der Waals surface area (Å²) in [4.78, 5) is 31.1. The molecule has 2 amide bonds. The largest absolute Gasteiger partial charge is 0.380 e. The molecule has 214 valence electrons. The Morgan fingerprint density at radius 3 is 2.45 bits per heavy atom. The fourth-order valence-electron chi connectivity index (χ4n) is 4.79. The lowest BCUT2D eigenvalue weighted by Gasteiger charge is -2.35. The summed E-state index contributed by atoms with van der Waals surface area (Å²) in [5.74, 6) is 0.660. The van der Waals surface area contributed by atoms with Gasteiger partial charge in [-0.1, -0.05) is 55.4 Å². The Morgan fingerprint density at radius 1 is 1.12 bits per heavy atom. The molecule has 9 heteroatoms. The van der Waals surface area contributed by atoms with E-state index >= 15 is 0 Å². The van der Waals surface area contributed by atoms with E-state index in [1.807, 2.05) is 39.8 Å².